The quantitative estimate of drug-likeness (QED) is 0.418. The van der Waals surface area contributed by atoms with E-state index in [1.807, 2.05) is 57.2 Å². The SMILES string of the molecule is CCc1ccc(-n2nc3cc(C)c(NC(=O)COc4cc(C)c(Cl)c(C)c4)cc3n2)cc1. The molecule has 1 heterocycles. The fraction of sp³-hybridized carbons (Fsp3) is 0.240. The van der Waals surface area contributed by atoms with Gasteiger partial charge in [0, 0.05) is 10.7 Å². The third kappa shape index (κ3) is 4.60. The lowest BCUT2D eigenvalue weighted by atomic mass is 10.1. The number of hydrogen-bond acceptors (Lipinski definition) is 4. The van der Waals surface area contributed by atoms with Gasteiger partial charge in [0.2, 0.25) is 0 Å². The highest BCUT2D eigenvalue weighted by Crippen LogP contribution is 2.26. The molecule has 0 unspecified atom stereocenters. The summed E-state index contributed by atoms with van der Waals surface area (Å²) in [5, 5.41) is 12.8. The highest BCUT2D eigenvalue weighted by Gasteiger charge is 2.12. The standard InChI is InChI=1S/C25H25ClN4O2/c1-5-18-6-8-19(9-7-18)30-28-22-12-15(2)21(13-23(22)29-30)27-24(31)14-32-20-10-16(3)25(26)17(4)11-20/h6-13H,5,14H2,1-4H3,(H,27,31). The van der Waals surface area contributed by atoms with Crippen LogP contribution >= 0.6 is 11.6 Å². The molecule has 0 aliphatic rings. The number of nitrogens with one attached hydrogen (secondary N) is 1. The minimum Gasteiger partial charge on any atom is -0.484 e. The van der Waals surface area contributed by atoms with Crippen molar-refractivity contribution in [2.24, 2.45) is 0 Å². The van der Waals surface area contributed by atoms with E-state index in [4.69, 9.17) is 16.3 Å². The third-order valence-corrected chi connectivity index (χ3v) is 5.95. The van der Waals surface area contributed by atoms with E-state index in [1.165, 1.54) is 5.56 Å². The van der Waals surface area contributed by atoms with Crippen LogP contribution in [0.3, 0.4) is 0 Å². The molecular formula is C25H25ClN4O2. The van der Waals surface area contributed by atoms with Crippen molar-refractivity contribution in [2.45, 2.75) is 34.1 Å². The molecule has 0 saturated heterocycles. The zero-order valence-electron chi connectivity index (χ0n) is 18.6. The topological polar surface area (TPSA) is 69.0 Å². The molecule has 0 aliphatic carbocycles. The lowest BCUT2D eigenvalue weighted by Crippen LogP contribution is -2.20. The van der Waals surface area contributed by atoms with E-state index in [-0.39, 0.29) is 12.5 Å². The molecule has 1 aromatic heterocycles. The van der Waals surface area contributed by atoms with Crippen LogP contribution in [0.2, 0.25) is 5.02 Å². The van der Waals surface area contributed by atoms with Crippen molar-refractivity contribution in [1.29, 1.82) is 0 Å². The van der Waals surface area contributed by atoms with Crippen LogP contribution in [0.25, 0.3) is 16.7 Å². The summed E-state index contributed by atoms with van der Waals surface area (Å²) >= 11 is 6.19. The first kappa shape index (κ1) is 21.8. The molecule has 164 valence electrons. The summed E-state index contributed by atoms with van der Waals surface area (Å²) < 4.78 is 5.66. The first-order valence-corrected chi connectivity index (χ1v) is 10.9. The zero-order chi connectivity index (χ0) is 22.8. The number of aromatic nitrogens is 3. The molecule has 3 aromatic carbocycles. The molecule has 4 aromatic rings. The molecule has 0 spiro atoms. The van der Waals surface area contributed by atoms with Gasteiger partial charge in [-0.1, -0.05) is 30.7 Å². The third-order valence-electron chi connectivity index (χ3n) is 5.36. The largest absolute Gasteiger partial charge is 0.484 e. The van der Waals surface area contributed by atoms with Crippen LogP contribution in [0.15, 0.2) is 48.5 Å². The van der Waals surface area contributed by atoms with E-state index in [0.29, 0.717) is 22.0 Å². The molecular weight excluding hydrogens is 424 g/mol. The second-order valence-electron chi connectivity index (χ2n) is 7.87. The Morgan fingerprint density at radius 2 is 1.59 bits per heavy atom. The summed E-state index contributed by atoms with van der Waals surface area (Å²) in [6.07, 6.45) is 0.984. The maximum absolute atomic E-state index is 12.5. The molecule has 0 fully saturated rings. The van der Waals surface area contributed by atoms with Gasteiger partial charge in [-0.05, 0) is 85.8 Å². The molecule has 0 bridgehead atoms. The van der Waals surface area contributed by atoms with E-state index < -0.39 is 0 Å². The van der Waals surface area contributed by atoms with Gasteiger partial charge >= 0.3 is 0 Å². The van der Waals surface area contributed by atoms with E-state index in [0.717, 1.165) is 34.3 Å². The average Bonchev–Trinajstić information content (AvgIpc) is 3.19. The number of ether oxygens (including phenoxy) is 1. The highest BCUT2D eigenvalue weighted by atomic mass is 35.5. The van der Waals surface area contributed by atoms with Gasteiger partial charge < -0.3 is 10.1 Å². The Labute approximate surface area is 192 Å². The van der Waals surface area contributed by atoms with Crippen LogP contribution in [0.1, 0.15) is 29.2 Å². The number of carbonyl (C=O) groups excluding carboxylic acids is 1. The number of nitrogens with zero attached hydrogens (tertiary/aromatic N) is 3. The van der Waals surface area contributed by atoms with Gasteiger partial charge in [0.15, 0.2) is 6.61 Å². The molecule has 0 radical (unpaired) electrons. The van der Waals surface area contributed by atoms with Gasteiger partial charge in [-0.15, -0.1) is 10.2 Å². The summed E-state index contributed by atoms with van der Waals surface area (Å²) in [6.45, 7) is 7.76. The van der Waals surface area contributed by atoms with Gasteiger partial charge in [-0.25, -0.2) is 0 Å². The van der Waals surface area contributed by atoms with Crippen LogP contribution in [0.4, 0.5) is 5.69 Å². The molecule has 0 saturated carbocycles. The molecule has 7 heteroatoms. The lowest BCUT2D eigenvalue weighted by Gasteiger charge is -2.11. The summed E-state index contributed by atoms with van der Waals surface area (Å²) in [6, 6.07) is 15.6. The highest BCUT2D eigenvalue weighted by molar-refractivity contribution is 6.32. The molecule has 0 aliphatic heterocycles. The van der Waals surface area contributed by atoms with Crippen molar-refractivity contribution in [2.75, 3.05) is 11.9 Å². The Morgan fingerprint density at radius 3 is 2.22 bits per heavy atom. The smallest absolute Gasteiger partial charge is 0.262 e. The molecule has 6 nitrogen and oxygen atoms in total. The molecule has 32 heavy (non-hydrogen) atoms. The lowest BCUT2D eigenvalue weighted by molar-refractivity contribution is -0.118. The van der Waals surface area contributed by atoms with Crippen molar-refractivity contribution in [3.63, 3.8) is 0 Å². The van der Waals surface area contributed by atoms with Gasteiger partial charge in [0.05, 0.1) is 5.69 Å². The first-order chi connectivity index (χ1) is 15.3. The minimum atomic E-state index is -0.250. The second-order valence-corrected chi connectivity index (χ2v) is 8.25. The number of anilines is 1. The first-order valence-electron chi connectivity index (χ1n) is 10.5. The Morgan fingerprint density at radius 1 is 0.969 bits per heavy atom. The average molecular weight is 449 g/mol. The number of benzene rings is 3. The van der Waals surface area contributed by atoms with Crippen molar-refractivity contribution < 1.29 is 9.53 Å². The summed E-state index contributed by atoms with van der Waals surface area (Å²) in [7, 11) is 0. The Hall–Kier alpha value is -3.38. The molecule has 0 atom stereocenters. The summed E-state index contributed by atoms with van der Waals surface area (Å²) in [5.74, 6) is 0.365. The normalized spacial score (nSPS) is 11.0. The summed E-state index contributed by atoms with van der Waals surface area (Å²) in [4.78, 5) is 14.1. The molecule has 4 rings (SSSR count). The zero-order valence-corrected chi connectivity index (χ0v) is 19.3. The maximum atomic E-state index is 12.5. The van der Waals surface area contributed by atoms with Crippen molar-refractivity contribution in [3.05, 3.63) is 75.8 Å². The fourth-order valence-electron chi connectivity index (χ4n) is 3.51. The van der Waals surface area contributed by atoms with Crippen LogP contribution in [0, 0.1) is 20.8 Å². The number of hydrogen-bond donors (Lipinski definition) is 1. The van der Waals surface area contributed by atoms with Crippen molar-refractivity contribution >= 4 is 34.2 Å². The van der Waals surface area contributed by atoms with Gasteiger partial charge in [-0.3, -0.25) is 4.79 Å². The van der Waals surface area contributed by atoms with Crippen LogP contribution < -0.4 is 10.1 Å². The molecule has 1 N–H and O–H groups in total. The van der Waals surface area contributed by atoms with Crippen molar-refractivity contribution in [3.8, 4) is 11.4 Å². The van der Waals surface area contributed by atoms with Gasteiger partial charge in [0.25, 0.3) is 5.91 Å². The second kappa shape index (κ2) is 9.01. The maximum Gasteiger partial charge on any atom is 0.262 e. The predicted octanol–water partition coefficient (Wildman–Crippen LogP) is 5.58. The van der Waals surface area contributed by atoms with E-state index >= 15 is 0 Å². The van der Waals surface area contributed by atoms with Crippen molar-refractivity contribution in [1.82, 2.24) is 15.0 Å². The Kier molecular flexibility index (Phi) is 6.15. The van der Waals surface area contributed by atoms with Crippen LogP contribution in [0.5, 0.6) is 5.75 Å². The Bertz CT molecular complexity index is 1270. The fourth-order valence-corrected chi connectivity index (χ4v) is 3.62. The number of halogens is 1. The predicted molar refractivity (Wildman–Crippen MR) is 128 cm³/mol. The molecule has 1 amide bonds. The number of rotatable bonds is 6. The Balaban J connectivity index is 1.48. The van der Waals surface area contributed by atoms with Gasteiger partial charge in [0.1, 0.15) is 16.8 Å². The minimum absolute atomic E-state index is 0.103. The van der Waals surface area contributed by atoms with Crippen LogP contribution in [-0.2, 0) is 11.2 Å². The number of aryl methyl sites for hydroxylation is 4. The number of carbonyl (C=O) groups is 1. The van der Waals surface area contributed by atoms with Crippen LogP contribution in [-0.4, -0.2) is 27.5 Å². The number of fused-ring (bicyclic) bond motifs is 1. The van der Waals surface area contributed by atoms with Gasteiger partial charge in [-0.2, -0.15) is 4.80 Å². The van der Waals surface area contributed by atoms with E-state index in [1.54, 1.807) is 4.80 Å². The summed E-state index contributed by atoms with van der Waals surface area (Å²) in [5.41, 5.74) is 7.03. The number of amides is 1. The van der Waals surface area contributed by atoms with E-state index in [9.17, 15) is 4.79 Å². The monoisotopic (exact) mass is 448 g/mol. The van der Waals surface area contributed by atoms with E-state index in [2.05, 4.69) is 34.6 Å².